The Labute approximate surface area is 123 Å². The molecule has 3 rings (SSSR count). The molecule has 0 unspecified atom stereocenters. The normalized spacial score (nSPS) is 14.2. The highest BCUT2D eigenvalue weighted by Crippen LogP contribution is 2.36. The predicted molar refractivity (Wildman–Crippen MR) is 80.9 cm³/mol. The molecule has 0 atom stereocenters. The van der Waals surface area contributed by atoms with E-state index in [1.807, 2.05) is 48.5 Å². The van der Waals surface area contributed by atoms with Crippen molar-refractivity contribution < 1.29 is 14.3 Å². The van der Waals surface area contributed by atoms with Crippen LogP contribution in [0.3, 0.4) is 0 Å². The summed E-state index contributed by atoms with van der Waals surface area (Å²) in [4.78, 5) is 11.2. The van der Waals surface area contributed by atoms with Crippen LogP contribution in [0.15, 0.2) is 54.6 Å². The zero-order valence-electron chi connectivity index (χ0n) is 11.8. The van der Waals surface area contributed by atoms with Gasteiger partial charge < -0.3 is 9.47 Å². The van der Waals surface area contributed by atoms with Gasteiger partial charge in [0.25, 0.3) is 0 Å². The number of rotatable bonds is 4. The van der Waals surface area contributed by atoms with Gasteiger partial charge in [0.05, 0.1) is 7.11 Å². The maximum atomic E-state index is 11.2. The quantitative estimate of drug-likeness (QED) is 0.636. The Morgan fingerprint density at radius 3 is 2.71 bits per heavy atom. The first-order valence-electron chi connectivity index (χ1n) is 6.85. The zero-order valence-corrected chi connectivity index (χ0v) is 11.8. The molecule has 0 N–H and O–H groups in total. The molecule has 0 fully saturated rings. The molecule has 2 aromatic carbocycles. The van der Waals surface area contributed by atoms with E-state index in [4.69, 9.17) is 4.74 Å². The van der Waals surface area contributed by atoms with E-state index in [2.05, 4.69) is 4.74 Å². The third kappa shape index (κ3) is 2.97. The number of benzene rings is 2. The second-order valence-corrected chi connectivity index (χ2v) is 4.96. The lowest BCUT2D eigenvalue weighted by Crippen LogP contribution is -2.10. The molecule has 0 bridgehead atoms. The van der Waals surface area contributed by atoms with Crippen LogP contribution in [0.2, 0.25) is 0 Å². The third-order valence-electron chi connectivity index (χ3n) is 3.55. The second-order valence-electron chi connectivity index (χ2n) is 4.96. The van der Waals surface area contributed by atoms with Crippen LogP contribution in [0.1, 0.15) is 16.7 Å². The largest absolute Gasteiger partial charge is 0.489 e. The van der Waals surface area contributed by atoms with Crippen LogP contribution in [-0.2, 0) is 22.6 Å². The zero-order chi connectivity index (χ0) is 14.7. The Balaban J connectivity index is 1.67. The van der Waals surface area contributed by atoms with Crippen molar-refractivity contribution in [1.29, 1.82) is 0 Å². The molecule has 0 heterocycles. The molecular formula is C18H16O3. The minimum Gasteiger partial charge on any atom is -0.489 e. The van der Waals surface area contributed by atoms with Gasteiger partial charge in [0.2, 0.25) is 0 Å². The number of ether oxygens (including phenoxy) is 2. The van der Waals surface area contributed by atoms with Crippen LogP contribution in [0.25, 0.3) is 5.57 Å². The molecule has 1 aliphatic carbocycles. The van der Waals surface area contributed by atoms with E-state index in [0.717, 1.165) is 28.9 Å². The molecular weight excluding hydrogens is 264 g/mol. The predicted octanol–water partition coefficient (Wildman–Crippen LogP) is 3.38. The van der Waals surface area contributed by atoms with Crippen molar-refractivity contribution in [3.63, 3.8) is 0 Å². The molecule has 2 aromatic rings. The molecule has 0 saturated carbocycles. The van der Waals surface area contributed by atoms with Crippen LogP contribution in [0, 0.1) is 0 Å². The van der Waals surface area contributed by atoms with Crippen molar-refractivity contribution in [2.24, 2.45) is 0 Å². The van der Waals surface area contributed by atoms with Crippen LogP contribution < -0.4 is 4.74 Å². The van der Waals surface area contributed by atoms with Crippen LogP contribution in [0.5, 0.6) is 5.75 Å². The van der Waals surface area contributed by atoms with Gasteiger partial charge >= 0.3 is 5.97 Å². The van der Waals surface area contributed by atoms with E-state index in [1.165, 1.54) is 12.7 Å². The Morgan fingerprint density at radius 2 is 2.00 bits per heavy atom. The number of hydrogen-bond donors (Lipinski definition) is 0. The summed E-state index contributed by atoms with van der Waals surface area (Å²) >= 11 is 0. The van der Waals surface area contributed by atoms with Gasteiger partial charge in [0.15, 0.2) is 0 Å². The number of allylic oxidation sites excluding steroid dienone is 1. The lowest BCUT2D eigenvalue weighted by molar-refractivity contribution is -0.134. The fourth-order valence-electron chi connectivity index (χ4n) is 2.38. The topological polar surface area (TPSA) is 35.5 Å². The van der Waals surface area contributed by atoms with Gasteiger partial charge in [-0.2, -0.15) is 0 Å². The van der Waals surface area contributed by atoms with Crippen LogP contribution >= 0.6 is 0 Å². The van der Waals surface area contributed by atoms with Crippen molar-refractivity contribution in [3.05, 3.63) is 71.3 Å². The number of methoxy groups -OCH3 is 1. The van der Waals surface area contributed by atoms with Gasteiger partial charge in [-0.1, -0.05) is 36.4 Å². The summed E-state index contributed by atoms with van der Waals surface area (Å²) in [6.45, 7) is 0.560. The average molecular weight is 280 g/mol. The summed E-state index contributed by atoms with van der Waals surface area (Å²) in [5.74, 6) is 0.551. The van der Waals surface area contributed by atoms with Crippen molar-refractivity contribution in [3.8, 4) is 5.75 Å². The molecule has 0 spiro atoms. The highest BCUT2D eigenvalue weighted by atomic mass is 16.5. The molecule has 1 aliphatic rings. The van der Waals surface area contributed by atoms with Gasteiger partial charge in [-0.3, -0.25) is 0 Å². The molecule has 0 aliphatic heterocycles. The molecule has 0 saturated heterocycles. The molecule has 3 nitrogen and oxygen atoms in total. The minimum absolute atomic E-state index is 0.306. The maximum absolute atomic E-state index is 11.2. The van der Waals surface area contributed by atoms with E-state index in [9.17, 15) is 4.79 Å². The molecule has 3 heteroatoms. The summed E-state index contributed by atoms with van der Waals surface area (Å²) < 4.78 is 10.4. The Kier molecular flexibility index (Phi) is 3.73. The van der Waals surface area contributed by atoms with Crippen molar-refractivity contribution in [2.45, 2.75) is 13.0 Å². The van der Waals surface area contributed by atoms with Crippen molar-refractivity contribution in [2.75, 3.05) is 7.11 Å². The molecule has 106 valence electrons. The van der Waals surface area contributed by atoms with Crippen molar-refractivity contribution in [1.82, 2.24) is 0 Å². The standard InChI is InChI=1S/C18H16O3/c1-20-18(19)11-15-9-14-10-16(7-8-17(14)15)21-12-13-5-3-2-4-6-13/h2-8,10-11H,9,12H2,1H3/b15-11-. The Bertz CT molecular complexity index is 687. The van der Waals surface area contributed by atoms with Gasteiger partial charge in [-0.15, -0.1) is 0 Å². The Hall–Kier alpha value is -2.55. The highest BCUT2D eigenvalue weighted by Gasteiger charge is 2.21. The monoisotopic (exact) mass is 280 g/mol. The van der Waals surface area contributed by atoms with E-state index in [0.29, 0.717) is 6.61 Å². The first-order valence-corrected chi connectivity index (χ1v) is 6.85. The number of carbonyl (C=O) groups excluding carboxylic acids is 1. The van der Waals surface area contributed by atoms with E-state index >= 15 is 0 Å². The number of fused-ring (bicyclic) bond motifs is 1. The number of esters is 1. The fraction of sp³-hybridized carbons (Fsp3) is 0.167. The lowest BCUT2D eigenvalue weighted by atomic mass is 9.82. The first-order chi connectivity index (χ1) is 10.3. The third-order valence-corrected chi connectivity index (χ3v) is 3.55. The Morgan fingerprint density at radius 1 is 1.19 bits per heavy atom. The van der Waals surface area contributed by atoms with Gasteiger partial charge in [-0.25, -0.2) is 4.79 Å². The summed E-state index contributed by atoms with van der Waals surface area (Å²) in [6.07, 6.45) is 2.33. The number of hydrogen-bond acceptors (Lipinski definition) is 3. The van der Waals surface area contributed by atoms with E-state index < -0.39 is 0 Å². The van der Waals surface area contributed by atoms with Crippen molar-refractivity contribution >= 4 is 11.5 Å². The molecule has 0 radical (unpaired) electrons. The minimum atomic E-state index is -0.306. The molecule has 0 aromatic heterocycles. The number of carbonyl (C=O) groups is 1. The average Bonchev–Trinajstić information content (AvgIpc) is 2.51. The van der Waals surface area contributed by atoms with Crippen LogP contribution in [0.4, 0.5) is 0 Å². The van der Waals surface area contributed by atoms with Gasteiger partial charge in [0, 0.05) is 6.08 Å². The maximum Gasteiger partial charge on any atom is 0.330 e. The van der Waals surface area contributed by atoms with Gasteiger partial charge in [0.1, 0.15) is 12.4 Å². The smallest absolute Gasteiger partial charge is 0.330 e. The van der Waals surface area contributed by atoms with E-state index in [-0.39, 0.29) is 5.97 Å². The summed E-state index contributed by atoms with van der Waals surface area (Å²) in [5, 5.41) is 0. The van der Waals surface area contributed by atoms with Crippen LogP contribution in [-0.4, -0.2) is 13.1 Å². The first kappa shape index (κ1) is 13.4. The van der Waals surface area contributed by atoms with E-state index in [1.54, 1.807) is 6.08 Å². The summed E-state index contributed by atoms with van der Waals surface area (Å²) in [7, 11) is 1.39. The summed E-state index contributed by atoms with van der Waals surface area (Å²) in [6, 6.07) is 16.0. The SMILES string of the molecule is COC(=O)/C=C1/Cc2cc(OCc3ccccc3)ccc21. The summed E-state index contributed by atoms with van der Waals surface area (Å²) in [5.41, 5.74) is 4.47. The second kappa shape index (κ2) is 5.83. The van der Waals surface area contributed by atoms with Gasteiger partial charge in [-0.05, 0) is 40.8 Å². The molecule has 21 heavy (non-hydrogen) atoms. The highest BCUT2D eigenvalue weighted by molar-refractivity contribution is 5.95. The lowest BCUT2D eigenvalue weighted by Gasteiger charge is -2.23. The molecule has 0 amide bonds. The fourth-order valence-corrected chi connectivity index (χ4v) is 2.38.